The van der Waals surface area contributed by atoms with Gasteiger partial charge in [0.1, 0.15) is 11.3 Å². The van der Waals surface area contributed by atoms with Gasteiger partial charge in [-0.25, -0.2) is 4.98 Å². The Morgan fingerprint density at radius 1 is 0.886 bits per heavy atom. The molecule has 2 aromatic heterocycles. The van der Waals surface area contributed by atoms with Crippen LogP contribution < -0.4 is 11.3 Å². The second-order valence-corrected chi connectivity index (χ2v) is 8.89. The van der Waals surface area contributed by atoms with Crippen molar-refractivity contribution >= 4 is 16.9 Å². The molecule has 0 radical (unpaired) electrons. The van der Waals surface area contributed by atoms with E-state index in [4.69, 9.17) is 5.73 Å². The number of nitrogens with zero attached hydrogens (tertiary/aromatic N) is 2. The first-order chi connectivity index (χ1) is 16.8. The Balaban J connectivity index is 1.64. The standard InChI is InChI=1S/C29H26N4O2/c1-17-13-18(2)31-29(35)25(17)16-33-19(3)32-27-24(28(30)34)14-23(15-26(27)33)22-11-9-21(10-12-22)20-7-5-4-6-8-20/h4-15H,16H2,1-3H3,(H2,30,34)(H,31,35). The Hall–Kier alpha value is -4.45. The molecule has 0 atom stereocenters. The second kappa shape index (κ2) is 8.72. The molecule has 5 aromatic rings. The van der Waals surface area contributed by atoms with Gasteiger partial charge in [-0.15, -0.1) is 0 Å². The Morgan fingerprint density at radius 3 is 2.14 bits per heavy atom. The number of imidazole rings is 1. The topological polar surface area (TPSA) is 93.8 Å². The molecule has 0 saturated carbocycles. The molecule has 5 rings (SSSR count). The molecule has 6 nitrogen and oxygen atoms in total. The number of nitrogens with two attached hydrogens (primary N) is 1. The lowest BCUT2D eigenvalue weighted by molar-refractivity contribution is 0.100. The number of pyridine rings is 1. The van der Waals surface area contributed by atoms with E-state index in [0.717, 1.165) is 39.0 Å². The third-order valence-corrected chi connectivity index (χ3v) is 6.45. The fraction of sp³-hybridized carbons (Fsp3) is 0.138. The highest BCUT2D eigenvalue weighted by Gasteiger charge is 2.18. The van der Waals surface area contributed by atoms with Gasteiger partial charge in [0, 0.05) is 11.3 Å². The first kappa shape index (κ1) is 22.3. The van der Waals surface area contributed by atoms with Crippen molar-refractivity contribution in [3.63, 3.8) is 0 Å². The molecule has 0 fully saturated rings. The van der Waals surface area contributed by atoms with E-state index in [1.807, 2.05) is 67.8 Å². The minimum absolute atomic E-state index is 0.119. The van der Waals surface area contributed by atoms with E-state index in [0.29, 0.717) is 29.0 Å². The van der Waals surface area contributed by atoms with Crippen LogP contribution in [0.4, 0.5) is 0 Å². The van der Waals surface area contributed by atoms with Crippen molar-refractivity contribution in [1.29, 1.82) is 0 Å². The van der Waals surface area contributed by atoms with Gasteiger partial charge in [0.2, 0.25) is 0 Å². The zero-order valence-electron chi connectivity index (χ0n) is 19.9. The summed E-state index contributed by atoms with van der Waals surface area (Å²) in [6, 6.07) is 24.1. The van der Waals surface area contributed by atoms with Crippen LogP contribution in [0, 0.1) is 20.8 Å². The molecule has 1 amide bonds. The number of rotatable bonds is 5. The SMILES string of the molecule is Cc1cc(C)c(Cn2c(C)nc3c(C(N)=O)cc(-c4ccc(-c5ccccc5)cc4)cc32)c(=O)[nH]1. The molecule has 0 aliphatic carbocycles. The Bertz CT molecular complexity index is 1630. The zero-order valence-corrected chi connectivity index (χ0v) is 19.9. The summed E-state index contributed by atoms with van der Waals surface area (Å²) in [6.07, 6.45) is 0. The minimum atomic E-state index is -0.535. The molecule has 0 saturated heterocycles. The number of hydrogen-bond donors (Lipinski definition) is 2. The number of H-pyrrole nitrogens is 1. The van der Waals surface area contributed by atoms with E-state index in [1.54, 1.807) is 6.07 Å². The second-order valence-electron chi connectivity index (χ2n) is 8.89. The van der Waals surface area contributed by atoms with Crippen molar-refractivity contribution in [2.45, 2.75) is 27.3 Å². The lowest BCUT2D eigenvalue weighted by Crippen LogP contribution is -2.19. The van der Waals surface area contributed by atoms with Crippen LogP contribution in [-0.2, 0) is 6.54 Å². The number of carbonyl (C=O) groups is 1. The first-order valence-electron chi connectivity index (χ1n) is 11.5. The van der Waals surface area contributed by atoms with Gasteiger partial charge in [0.05, 0.1) is 17.6 Å². The molecule has 0 spiro atoms. The smallest absolute Gasteiger partial charge is 0.253 e. The first-order valence-corrected chi connectivity index (χ1v) is 11.5. The lowest BCUT2D eigenvalue weighted by atomic mass is 9.98. The fourth-order valence-corrected chi connectivity index (χ4v) is 4.61. The molecule has 0 bridgehead atoms. The van der Waals surface area contributed by atoms with Gasteiger partial charge in [-0.05, 0) is 66.8 Å². The normalized spacial score (nSPS) is 11.2. The number of aromatic amines is 1. The number of carbonyl (C=O) groups excluding carboxylic acids is 1. The summed E-state index contributed by atoms with van der Waals surface area (Å²) in [5.41, 5.74) is 13.8. The van der Waals surface area contributed by atoms with E-state index in [9.17, 15) is 9.59 Å². The number of hydrogen-bond acceptors (Lipinski definition) is 3. The summed E-state index contributed by atoms with van der Waals surface area (Å²) in [5.74, 6) is 0.171. The molecule has 0 aliphatic heterocycles. The van der Waals surface area contributed by atoms with E-state index in [1.165, 1.54) is 0 Å². The highest BCUT2D eigenvalue weighted by atomic mass is 16.1. The van der Waals surface area contributed by atoms with Gasteiger partial charge in [-0.2, -0.15) is 0 Å². The monoisotopic (exact) mass is 462 g/mol. The van der Waals surface area contributed by atoms with Gasteiger partial charge in [0.25, 0.3) is 11.5 Å². The summed E-state index contributed by atoms with van der Waals surface area (Å²) in [4.78, 5) is 32.6. The van der Waals surface area contributed by atoms with Crippen LogP contribution in [0.2, 0.25) is 0 Å². The van der Waals surface area contributed by atoms with Gasteiger partial charge in [0.15, 0.2) is 0 Å². The molecule has 2 heterocycles. The van der Waals surface area contributed by atoms with Gasteiger partial charge < -0.3 is 15.3 Å². The van der Waals surface area contributed by atoms with Crippen molar-refractivity contribution in [3.8, 4) is 22.3 Å². The average Bonchev–Trinajstić information content (AvgIpc) is 3.16. The van der Waals surface area contributed by atoms with E-state index in [-0.39, 0.29) is 5.56 Å². The molecular weight excluding hydrogens is 436 g/mol. The zero-order chi connectivity index (χ0) is 24.7. The number of benzene rings is 3. The molecular formula is C29H26N4O2. The average molecular weight is 463 g/mol. The molecule has 3 N–H and O–H groups in total. The van der Waals surface area contributed by atoms with E-state index in [2.05, 4.69) is 34.2 Å². The largest absolute Gasteiger partial charge is 0.366 e. The molecule has 0 unspecified atom stereocenters. The van der Waals surface area contributed by atoms with Crippen molar-refractivity contribution in [2.24, 2.45) is 5.73 Å². The fourth-order valence-electron chi connectivity index (χ4n) is 4.61. The summed E-state index contributed by atoms with van der Waals surface area (Å²) in [6.45, 7) is 6.01. The maximum absolute atomic E-state index is 12.7. The highest BCUT2D eigenvalue weighted by molar-refractivity contribution is 6.06. The maximum atomic E-state index is 12.7. The quantitative estimate of drug-likeness (QED) is 0.379. The molecule has 174 valence electrons. The number of aryl methyl sites for hydroxylation is 3. The van der Waals surface area contributed by atoms with Crippen molar-refractivity contribution in [3.05, 3.63) is 111 Å². The summed E-state index contributed by atoms with van der Waals surface area (Å²) in [5, 5.41) is 0. The summed E-state index contributed by atoms with van der Waals surface area (Å²) >= 11 is 0. The Labute approximate surface area is 203 Å². The van der Waals surface area contributed by atoms with Crippen molar-refractivity contribution in [2.75, 3.05) is 0 Å². The van der Waals surface area contributed by atoms with Crippen molar-refractivity contribution in [1.82, 2.24) is 14.5 Å². The van der Waals surface area contributed by atoms with E-state index >= 15 is 0 Å². The van der Waals surface area contributed by atoms with Gasteiger partial charge in [-0.1, -0.05) is 54.6 Å². The number of fused-ring (bicyclic) bond motifs is 1. The summed E-state index contributed by atoms with van der Waals surface area (Å²) in [7, 11) is 0. The Kier molecular flexibility index (Phi) is 5.57. The van der Waals surface area contributed by atoms with Crippen LogP contribution in [0.3, 0.4) is 0 Å². The Morgan fingerprint density at radius 2 is 1.51 bits per heavy atom. The maximum Gasteiger partial charge on any atom is 0.253 e. The number of primary amides is 1. The van der Waals surface area contributed by atoms with Gasteiger partial charge >= 0.3 is 0 Å². The molecule has 35 heavy (non-hydrogen) atoms. The highest BCUT2D eigenvalue weighted by Crippen LogP contribution is 2.30. The molecule has 0 aliphatic rings. The third kappa shape index (κ3) is 4.15. The van der Waals surface area contributed by atoms with Crippen LogP contribution in [0.1, 0.15) is 33.0 Å². The van der Waals surface area contributed by atoms with Crippen LogP contribution in [0.15, 0.2) is 77.6 Å². The molecule has 6 heteroatoms. The van der Waals surface area contributed by atoms with Crippen LogP contribution >= 0.6 is 0 Å². The summed E-state index contributed by atoms with van der Waals surface area (Å²) < 4.78 is 1.97. The lowest BCUT2D eigenvalue weighted by Gasteiger charge is -2.12. The third-order valence-electron chi connectivity index (χ3n) is 6.45. The predicted octanol–water partition coefficient (Wildman–Crippen LogP) is 5.13. The number of aromatic nitrogens is 3. The van der Waals surface area contributed by atoms with Crippen LogP contribution in [-0.4, -0.2) is 20.4 Å². The van der Waals surface area contributed by atoms with Crippen LogP contribution in [0.25, 0.3) is 33.3 Å². The minimum Gasteiger partial charge on any atom is -0.366 e. The van der Waals surface area contributed by atoms with E-state index < -0.39 is 5.91 Å². The molecule has 3 aromatic carbocycles. The predicted molar refractivity (Wildman–Crippen MR) is 139 cm³/mol. The van der Waals surface area contributed by atoms with Crippen LogP contribution in [0.5, 0.6) is 0 Å². The number of amides is 1. The van der Waals surface area contributed by atoms with Gasteiger partial charge in [-0.3, -0.25) is 9.59 Å². The van der Waals surface area contributed by atoms with Crippen molar-refractivity contribution < 1.29 is 4.79 Å². The number of nitrogens with one attached hydrogen (secondary N) is 1.